The SMILES string of the molecule is CN(C)c1ccccc1NC(=O)NCC(C)(C)C(N)=O. The van der Waals surface area contributed by atoms with E-state index >= 15 is 0 Å². The molecule has 0 atom stereocenters. The zero-order valence-electron chi connectivity index (χ0n) is 12.4. The van der Waals surface area contributed by atoms with E-state index in [2.05, 4.69) is 10.6 Å². The molecule has 0 fully saturated rings. The zero-order chi connectivity index (χ0) is 15.3. The maximum absolute atomic E-state index is 11.9. The molecule has 1 aromatic carbocycles. The summed E-state index contributed by atoms with van der Waals surface area (Å²) < 4.78 is 0. The number of rotatable bonds is 5. The fourth-order valence-electron chi connectivity index (χ4n) is 1.52. The molecule has 3 amide bonds. The molecule has 0 unspecified atom stereocenters. The summed E-state index contributed by atoms with van der Waals surface area (Å²) in [6.07, 6.45) is 0. The second-order valence-electron chi connectivity index (χ2n) is 5.47. The summed E-state index contributed by atoms with van der Waals surface area (Å²) in [4.78, 5) is 24.9. The smallest absolute Gasteiger partial charge is 0.319 e. The number of nitrogens with zero attached hydrogens (tertiary/aromatic N) is 1. The van der Waals surface area contributed by atoms with Crippen LogP contribution in [-0.4, -0.2) is 32.6 Å². The molecule has 1 rings (SSSR count). The number of carbonyl (C=O) groups excluding carboxylic acids is 2. The molecule has 0 radical (unpaired) electrons. The monoisotopic (exact) mass is 278 g/mol. The molecule has 0 aromatic heterocycles. The van der Waals surface area contributed by atoms with Gasteiger partial charge in [0.2, 0.25) is 5.91 Å². The van der Waals surface area contributed by atoms with Crippen molar-refractivity contribution in [3.8, 4) is 0 Å². The van der Waals surface area contributed by atoms with Crippen LogP contribution in [0.5, 0.6) is 0 Å². The lowest BCUT2D eigenvalue weighted by molar-refractivity contribution is -0.125. The predicted octanol–water partition coefficient (Wildman–Crippen LogP) is 1.39. The van der Waals surface area contributed by atoms with E-state index in [0.717, 1.165) is 5.69 Å². The number of amides is 3. The van der Waals surface area contributed by atoms with Crippen LogP contribution < -0.4 is 21.3 Å². The van der Waals surface area contributed by atoms with Crippen molar-refractivity contribution in [1.29, 1.82) is 0 Å². The van der Waals surface area contributed by atoms with Crippen LogP contribution in [0.2, 0.25) is 0 Å². The molecule has 0 saturated heterocycles. The molecule has 1 aromatic rings. The number of nitrogens with two attached hydrogens (primary N) is 1. The third-order valence-corrected chi connectivity index (χ3v) is 2.99. The minimum atomic E-state index is -0.779. The summed E-state index contributed by atoms with van der Waals surface area (Å²) in [5.74, 6) is -0.452. The normalized spacial score (nSPS) is 10.8. The van der Waals surface area contributed by atoms with E-state index in [0.29, 0.717) is 5.69 Å². The minimum Gasteiger partial charge on any atom is -0.376 e. The van der Waals surface area contributed by atoms with E-state index in [1.807, 2.05) is 43.3 Å². The molecule has 4 N–H and O–H groups in total. The van der Waals surface area contributed by atoms with E-state index in [9.17, 15) is 9.59 Å². The number of carbonyl (C=O) groups is 2. The van der Waals surface area contributed by atoms with Gasteiger partial charge in [-0.1, -0.05) is 12.1 Å². The molecule has 110 valence electrons. The summed E-state index contributed by atoms with van der Waals surface area (Å²) in [7, 11) is 3.79. The molecule has 6 nitrogen and oxygen atoms in total. The second-order valence-corrected chi connectivity index (χ2v) is 5.47. The van der Waals surface area contributed by atoms with Crippen molar-refractivity contribution in [3.05, 3.63) is 24.3 Å². The van der Waals surface area contributed by atoms with Gasteiger partial charge in [-0.15, -0.1) is 0 Å². The first-order valence-electron chi connectivity index (χ1n) is 6.35. The van der Waals surface area contributed by atoms with Crippen LogP contribution >= 0.6 is 0 Å². The third-order valence-electron chi connectivity index (χ3n) is 2.99. The summed E-state index contributed by atoms with van der Waals surface area (Å²) in [6, 6.07) is 7.09. The van der Waals surface area contributed by atoms with Crippen molar-refractivity contribution in [2.45, 2.75) is 13.8 Å². The quantitative estimate of drug-likeness (QED) is 0.760. The van der Waals surface area contributed by atoms with Crippen LogP contribution in [-0.2, 0) is 4.79 Å². The van der Waals surface area contributed by atoms with Crippen LogP contribution in [0.25, 0.3) is 0 Å². The Morgan fingerprint density at radius 1 is 1.25 bits per heavy atom. The Bertz CT molecular complexity index is 498. The summed E-state index contributed by atoms with van der Waals surface area (Å²) in [5.41, 5.74) is 6.08. The van der Waals surface area contributed by atoms with Crippen LogP contribution in [0.1, 0.15) is 13.8 Å². The van der Waals surface area contributed by atoms with Gasteiger partial charge in [0.05, 0.1) is 16.8 Å². The molecule has 0 spiro atoms. The van der Waals surface area contributed by atoms with Gasteiger partial charge >= 0.3 is 6.03 Å². The molecule has 6 heteroatoms. The number of hydrogen-bond donors (Lipinski definition) is 3. The van der Waals surface area contributed by atoms with Crippen molar-refractivity contribution in [1.82, 2.24) is 5.32 Å². The fourth-order valence-corrected chi connectivity index (χ4v) is 1.52. The Hall–Kier alpha value is -2.24. The molecule has 20 heavy (non-hydrogen) atoms. The lowest BCUT2D eigenvalue weighted by atomic mass is 9.93. The van der Waals surface area contributed by atoms with Gasteiger partial charge in [-0.2, -0.15) is 0 Å². The predicted molar refractivity (Wildman–Crippen MR) is 80.8 cm³/mol. The standard InChI is InChI=1S/C14H22N4O2/c1-14(2,12(15)19)9-16-13(20)17-10-7-5-6-8-11(10)18(3)4/h5-8H,9H2,1-4H3,(H2,15,19)(H2,16,17,20). The van der Waals surface area contributed by atoms with Gasteiger partial charge in [-0.3, -0.25) is 4.79 Å². The fraction of sp³-hybridized carbons (Fsp3) is 0.429. The highest BCUT2D eigenvalue weighted by molar-refractivity contribution is 5.93. The summed E-state index contributed by atoms with van der Waals surface area (Å²) >= 11 is 0. The molecule has 0 saturated carbocycles. The topological polar surface area (TPSA) is 87.5 Å². The Labute approximate surface area is 119 Å². The molecule has 0 heterocycles. The van der Waals surface area contributed by atoms with Crippen molar-refractivity contribution in [3.63, 3.8) is 0 Å². The highest BCUT2D eigenvalue weighted by atomic mass is 16.2. The highest BCUT2D eigenvalue weighted by Crippen LogP contribution is 2.23. The molecular weight excluding hydrogens is 256 g/mol. The zero-order valence-corrected chi connectivity index (χ0v) is 12.4. The van der Waals surface area contributed by atoms with Gasteiger partial charge in [-0.05, 0) is 26.0 Å². The van der Waals surface area contributed by atoms with Crippen LogP contribution in [0.4, 0.5) is 16.2 Å². The van der Waals surface area contributed by atoms with Crippen LogP contribution in [0.3, 0.4) is 0 Å². The average Bonchev–Trinajstić information content (AvgIpc) is 2.36. The van der Waals surface area contributed by atoms with Crippen molar-refractivity contribution in [2.75, 3.05) is 30.9 Å². The Balaban J connectivity index is 2.66. The van der Waals surface area contributed by atoms with Crippen molar-refractivity contribution >= 4 is 23.3 Å². The molecule has 0 bridgehead atoms. The van der Waals surface area contributed by atoms with Crippen LogP contribution in [0.15, 0.2) is 24.3 Å². The number of urea groups is 1. The highest BCUT2D eigenvalue weighted by Gasteiger charge is 2.25. The first-order chi connectivity index (χ1) is 9.24. The average molecular weight is 278 g/mol. The van der Waals surface area contributed by atoms with E-state index in [1.54, 1.807) is 13.8 Å². The molecule has 0 aliphatic rings. The number of hydrogen-bond acceptors (Lipinski definition) is 3. The summed E-state index contributed by atoms with van der Waals surface area (Å²) in [6.45, 7) is 3.55. The van der Waals surface area contributed by atoms with E-state index < -0.39 is 11.3 Å². The van der Waals surface area contributed by atoms with Crippen molar-refractivity contribution < 1.29 is 9.59 Å². The minimum absolute atomic E-state index is 0.179. The lowest BCUT2D eigenvalue weighted by Crippen LogP contribution is -2.43. The number of primary amides is 1. The molecule has 0 aliphatic carbocycles. The third kappa shape index (κ3) is 4.15. The Kier molecular flexibility index (Phi) is 4.96. The van der Waals surface area contributed by atoms with Gasteiger partial charge in [0.15, 0.2) is 0 Å². The summed E-state index contributed by atoms with van der Waals surface area (Å²) in [5, 5.41) is 5.41. The number of nitrogens with one attached hydrogen (secondary N) is 2. The van der Waals surface area contributed by atoms with Gasteiger partial charge in [0.25, 0.3) is 0 Å². The second kappa shape index (κ2) is 6.27. The first kappa shape index (κ1) is 15.8. The number of anilines is 2. The molecule has 0 aliphatic heterocycles. The number of benzene rings is 1. The largest absolute Gasteiger partial charge is 0.376 e. The van der Waals surface area contributed by atoms with Gasteiger partial charge in [0.1, 0.15) is 0 Å². The van der Waals surface area contributed by atoms with Gasteiger partial charge < -0.3 is 21.3 Å². The maximum Gasteiger partial charge on any atom is 0.319 e. The van der Waals surface area contributed by atoms with Crippen LogP contribution in [0, 0.1) is 5.41 Å². The maximum atomic E-state index is 11.9. The van der Waals surface area contributed by atoms with Gasteiger partial charge in [-0.25, -0.2) is 4.79 Å². The van der Waals surface area contributed by atoms with E-state index in [1.165, 1.54) is 0 Å². The Morgan fingerprint density at radius 2 is 1.85 bits per heavy atom. The van der Waals surface area contributed by atoms with E-state index in [4.69, 9.17) is 5.73 Å². The van der Waals surface area contributed by atoms with Gasteiger partial charge in [0, 0.05) is 20.6 Å². The van der Waals surface area contributed by atoms with E-state index in [-0.39, 0.29) is 12.6 Å². The number of para-hydroxylation sites is 2. The first-order valence-corrected chi connectivity index (χ1v) is 6.35. The Morgan fingerprint density at radius 3 is 2.40 bits per heavy atom. The van der Waals surface area contributed by atoms with Crippen molar-refractivity contribution in [2.24, 2.45) is 11.1 Å². The lowest BCUT2D eigenvalue weighted by Gasteiger charge is -2.22. The molecular formula is C14H22N4O2.